The molecule has 3 rings (SSSR count). The maximum atomic E-state index is 12.5. The fourth-order valence-corrected chi connectivity index (χ4v) is 5.46. The van der Waals surface area contributed by atoms with Gasteiger partial charge in [0, 0.05) is 12.1 Å². The van der Waals surface area contributed by atoms with E-state index in [4.69, 9.17) is 4.74 Å². The number of amides is 3. The molecule has 1 aromatic carbocycles. The van der Waals surface area contributed by atoms with E-state index < -0.39 is 34.0 Å². The monoisotopic (exact) mass is 451 g/mol. The Hall–Kier alpha value is -2.62. The van der Waals surface area contributed by atoms with Crippen molar-refractivity contribution >= 4 is 33.6 Å². The molecule has 1 aromatic rings. The molecule has 3 amide bonds. The number of nitrogens with zero attached hydrogens (tertiary/aromatic N) is 1. The van der Waals surface area contributed by atoms with Crippen molar-refractivity contribution in [2.75, 3.05) is 10.6 Å². The number of urea groups is 1. The molecule has 1 saturated carbocycles. The molecule has 1 fully saturated rings. The highest BCUT2D eigenvalue weighted by Crippen LogP contribution is 2.34. The minimum absolute atomic E-state index is 0.0553. The summed E-state index contributed by atoms with van der Waals surface area (Å²) < 4.78 is 30.6. The zero-order valence-electron chi connectivity index (χ0n) is 18.0. The fourth-order valence-electron chi connectivity index (χ4n) is 4.20. The van der Waals surface area contributed by atoms with Gasteiger partial charge in [-0.25, -0.2) is 18.0 Å². The van der Waals surface area contributed by atoms with Crippen molar-refractivity contribution in [3.63, 3.8) is 0 Å². The second-order valence-electron chi connectivity index (χ2n) is 8.30. The molecule has 2 atom stereocenters. The van der Waals surface area contributed by atoms with Crippen LogP contribution in [-0.2, 0) is 26.0 Å². The van der Waals surface area contributed by atoms with E-state index in [1.165, 1.54) is 17.3 Å². The first kappa shape index (κ1) is 23.1. The summed E-state index contributed by atoms with van der Waals surface area (Å²) in [4.78, 5) is 36.7. The number of esters is 1. The van der Waals surface area contributed by atoms with Crippen LogP contribution in [-0.4, -0.2) is 50.8 Å². The van der Waals surface area contributed by atoms with E-state index >= 15 is 0 Å². The van der Waals surface area contributed by atoms with Crippen molar-refractivity contribution in [3.05, 3.63) is 29.3 Å². The first-order valence-corrected chi connectivity index (χ1v) is 12.4. The molecule has 31 heavy (non-hydrogen) atoms. The molecule has 0 saturated heterocycles. The van der Waals surface area contributed by atoms with Gasteiger partial charge in [-0.3, -0.25) is 14.4 Å². The van der Waals surface area contributed by atoms with Crippen molar-refractivity contribution in [1.29, 1.82) is 0 Å². The number of hydrogen-bond donors (Lipinski definition) is 2. The van der Waals surface area contributed by atoms with Crippen LogP contribution < -0.4 is 14.9 Å². The zero-order valence-corrected chi connectivity index (χ0v) is 18.8. The van der Waals surface area contributed by atoms with E-state index in [-0.39, 0.29) is 17.6 Å². The highest BCUT2D eigenvalue weighted by Gasteiger charge is 2.33. The molecule has 1 aliphatic heterocycles. The number of ether oxygens (including phenoxy) is 1. The molecule has 2 N–H and O–H groups in total. The van der Waals surface area contributed by atoms with Crippen LogP contribution in [0.25, 0.3) is 0 Å². The minimum Gasteiger partial charge on any atom is -0.449 e. The Bertz CT molecular complexity index is 971. The summed E-state index contributed by atoms with van der Waals surface area (Å²) >= 11 is 0. The molecular weight excluding hydrogens is 422 g/mol. The molecule has 10 heteroatoms. The molecule has 1 aliphatic carbocycles. The van der Waals surface area contributed by atoms with Gasteiger partial charge in [0.25, 0.3) is 5.91 Å². The van der Waals surface area contributed by atoms with Crippen molar-refractivity contribution in [2.45, 2.75) is 70.6 Å². The highest BCUT2D eigenvalue weighted by atomic mass is 32.2. The van der Waals surface area contributed by atoms with Gasteiger partial charge in [0.1, 0.15) is 0 Å². The summed E-state index contributed by atoms with van der Waals surface area (Å²) in [5.74, 6) is -1.43. The number of sulfonamides is 1. The third kappa shape index (κ3) is 5.55. The summed E-state index contributed by atoms with van der Waals surface area (Å²) in [5.41, 5.74) is 1.47. The summed E-state index contributed by atoms with van der Waals surface area (Å²) in [6.45, 7) is 3.19. The van der Waals surface area contributed by atoms with E-state index in [0.717, 1.165) is 43.9 Å². The second-order valence-corrected chi connectivity index (χ2v) is 10.2. The van der Waals surface area contributed by atoms with Crippen LogP contribution in [0, 0.1) is 0 Å². The Balaban J connectivity index is 1.58. The van der Waals surface area contributed by atoms with E-state index in [1.807, 2.05) is 0 Å². The lowest BCUT2D eigenvalue weighted by molar-refractivity contribution is -0.127. The summed E-state index contributed by atoms with van der Waals surface area (Å²) in [5, 5.41) is 4.99. The lowest BCUT2D eigenvalue weighted by atomic mass is 9.96. The lowest BCUT2D eigenvalue weighted by Crippen LogP contribution is -2.48. The van der Waals surface area contributed by atoms with E-state index in [0.29, 0.717) is 12.1 Å². The van der Waals surface area contributed by atoms with Crippen molar-refractivity contribution in [2.24, 2.45) is 0 Å². The zero-order chi connectivity index (χ0) is 22.8. The Morgan fingerprint density at radius 3 is 2.48 bits per heavy atom. The third-order valence-corrected chi connectivity index (χ3v) is 6.93. The average molecular weight is 452 g/mol. The fraction of sp³-hybridized carbons (Fsp3) is 0.571. The maximum Gasteiger partial charge on any atom is 0.338 e. The number of imide groups is 1. The molecule has 0 spiro atoms. The summed E-state index contributed by atoms with van der Waals surface area (Å²) in [7, 11) is -3.42. The van der Waals surface area contributed by atoms with Gasteiger partial charge in [-0.2, -0.15) is 0 Å². The van der Waals surface area contributed by atoms with Gasteiger partial charge in [0.15, 0.2) is 6.10 Å². The Kier molecular flexibility index (Phi) is 6.88. The quantitative estimate of drug-likeness (QED) is 0.661. The van der Waals surface area contributed by atoms with Crippen LogP contribution in [0.4, 0.5) is 10.5 Å². The van der Waals surface area contributed by atoms with E-state index in [1.54, 1.807) is 19.1 Å². The number of rotatable bonds is 5. The Morgan fingerprint density at radius 1 is 1.16 bits per heavy atom. The van der Waals surface area contributed by atoms with E-state index in [9.17, 15) is 22.8 Å². The first-order valence-electron chi connectivity index (χ1n) is 10.5. The second kappa shape index (κ2) is 9.25. The summed E-state index contributed by atoms with van der Waals surface area (Å²) in [6.07, 6.45) is 5.48. The van der Waals surface area contributed by atoms with Gasteiger partial charge in [-0.05, 0) is 56.9 Å². The standard InChI is InChI=1S/C21H29N3O6S/c1-13-11-16-12-15(9-10-18(16)24(13)31(3,28)29)20(26)30-14(2)19(25)23-21(27)22-17-7-5-4-6-8-17/h9-10,12-14,17H,4-8,11H2,1-3H3,(H2,22,23,25,27). The van der Waals surface area contributed by atoms with Crippen LogP contribution in [0.3, 0.4) is 0 Å². The smallest absolute Gasteiger partial charge is 0.338 e. The lowest BCUT2D eigenvalue weighted by Gasteiger charge is -2.23. The van der Waals surface area contributed by atoms with Gasteiger partial charge >= 0.3 is 12.0 Å². The maximum absolute atomic E-state index is 12.5. The van der Waals surface area contributed by atoms with Gasteiger partial charge < -0.3 is 10.1 Å². The van der Waals surface area contributed by atoms with Crippen LogP contribution in [0.15, 0.2) is 18.2 Å². The number of fused-ring (bicyclic) bond motifs is 1. The SMILES string of the molecule is CC(OC(=O)c1ccc2c(c1)CC(C)N2S(C)(=O)=O)C(=O)NC(=O)NC1CCCCC1. The molecule has 0 bridgehead atoms. The molecule has 1 heterocycles. The molecule has 0 aromatic heterocycles. The topological polar surface area (TPSA) is 122 Å². The van der Waals surface area contributed by atoms with Crippen LogP contribution >= 0.6 is 0 Å². The van der Waals surface area contributed by atoms with Gasteiger partial charge in [0.2, 0.25) is 10.0 Å². The average Bonchev–Trinajstić information content (AvgIpc) is 3.03. The largest absolute Gasteiger partial charge is 0.449 e. The summed E-state index contributed by atoms with van der Waals surface area (Å²) in [6, 6.07) is 3.84. The first-order chi connectivity index (χ1) is 14.6. The Morgan fingerprint density at radius 2 is 1.84 bits per heavy atom. The third-order valence-electron chi connectivity index (χ3n) is 5.66. The Labute approximate surface area is 182 Å². The number of benzene rings is 1. The van der Waals surface area contributed by atoms with Gasteiger partial charge in [-0.15, -0.1) is 0 Å². The van der Waals surface area contributed by atoms with Crippen molar-refractivity contribution in [3.8, 4) is 0 Å². The van der Waals surface area contributed by atoms with Crippen LogP contribution in [0.5, 0.6) is 0 Å². The number of hydrogen-bond acceptors (Lipinski definition) is 6. The number of anilines is 1. The van der Waals surface area contributed by atoms with Gasteiger partial charge in [0.05, 0.1) is 17.5 Å². The molecule has 2 aliphatic rings. The highest BCUT2D eigenvalue weighted by molar-refractivity contribution is 7.92. The molecular formula is C21H29N3O6S. The van der Waals surface area contributed by atoms with Crippen LogP contribution in [0.2, 0.25) is 0 Å². The van der Waals surface area contributed by atoms with E-state index in [2.05, 4.69) is 10.6 Å². The molecule has 9 nitrogen and oxygen atoms in total. The number of carbonyl (C=O) groups excluding carboxylic acids is 3. The number of carbonyl (C=O) groups is 3. The molecule has 2 unspecified atom stereocenters. The minimum atomic E-state index is -3.42. The predicted octanol–water partition coefficient (Wildman–Crippen LogP) is 2.10. The molecule has 170 valence electrons. The molecule has 0 radical (unpaired) electrons. The number of nitrogens with one attached hydrogen (secondary N) is 2. The normalized spacial score (nSPS) is 20.0. The van der Waals surface area contributed by atoms with Gasteiger partial charge in [-0.1, -0.05) is 19.3 Å². The van der Waals surface area contributed by atoms with Crippen molar-refractivity contribution < 1.29 is 27.5 Å². The van der Waals surface area contributed by atoms with Crippen LogP contribution in [0.1, 0.15) is 61.9 Å². The predicted molar refractivity (Wildman–Crippen MR) is 115 cm³/mol. The van der Waals surface area contributed by atoms with Crippen molar-refractivity contribution in [1.82, 2.24) is 10.6 Å².